The van der Waals surface area contributed by atoms with E-state index in [2.05, 4.69) is 13.8 Å². The van der Waals surface area contributed by atoms with Crippen LogP contribution >= 0.6 is 0 Å². The summed E-state index contributed by atoms with van der Waals surface area (Å²) in [6.45, 7) is 6.19. The SMILES string of the molecule is CC1CC1(C(=O)O)C1(O)CCCC(C)(C)C1. The number of hydrogen-bond donors (Lipinski definition) is 2. The van der Waals surface area contributed by atoms with Gasteiger partial charge in [0.1, 0.15) is 0 Å². The minimum absolute atomic E-state index is 0.0672. The highest BCUT2D eigenvalue weighted by molar-refractivity contribution is 5.80. The Morgan fingerprint density at radius 3 is 2.25 bits per heavy atom. The summed E-state index contributed by atoms with van der Waals surface area (Å²) in [4.78, 5) is 11.4. The van der Waals surface area contributed by atoms with Crippen LogP contribution in [0.3, 0.4) is 0 Å². The molecule has 0 amide bonds. The smallest absolute Gasteiger partial charge is 0.312 e. The van der Waals surface area contributed by atoms with Gasteiger partial charge >= 0.3 is 5.97 Å². The van der Waals surface area contributed by atoms with Gasteiger partial charge in [0.15, 0.2) is 0 Å². The average molecular weight is 226 g/mol. The number of hydrogen-bond acceptors (Lipinski definition) is 2. The fourth-order valence-electron chi connectivity index (χ4n) is 3.78. The van der Waals surface area contributed by atoms with Crippen molar-refractivity contribution >= 4 is 5.97 Å². The number of carbonyl (C=O) groups is 1. The number of aliphatic hydroxyl groups is 1. The molecule has 3 atom stereocenters. The molecule has 0 aromatic rings. The molecule has 3 nitrogen and oxygen atoms in total. The first kappa shape index (κ1) is 11.9. The van der Waals surface area contributed by atoms with E-state index in [0.717, 1.165) is 12.8 Å². The minimum Gasteiger partial charge on any atom is -0.481 e. The molecule has 2 N–H and O–H groups in total. The van der Waals surface area contributed by atoms with E-state index < -0.39 is 17.0 Å². The first-order chi connectivity index (χ1) is 7.24. The monoisotopic (exact) mass is 226 g/mol. The second-order valence-electron chi connectivity index (χ2n) is 6.61. The van der Waals surface area contributed by atoms with Gasteiger partial charge in [-0.25, -0.2) is 0 Å². The summed E-state index contributed by atoms with van der Waals surface area (Å²) >= 11 is 0. The van der Waals surface area contributed by atoms with E-state index in [1.54, 1.807) is 0 Å². The summed E-state index contributed by atoms with van der Waals surface area (Å²) in [5, 5.41) is 20.2. The standard InChI is InChI=1S/C13H22O3/c1-9-7-13(9,10(14)15)12(16)6-4-5-11(2,3)8-12/h9,16H,4-8H2,1-3H3,(H,14,15). The van der Waals surface area contributed by atoms with Crippen molar-refractivity contribution in [3.05, 3.63) is 0 Å². The van der Waals surface area contributed by atoms with Crippen molar-refractivity contribution < 1.29 is 15.0 Å². The lowest BCUT2D eigenvalue weighted by Gasteiger charge is -2.45. The van der Waals surface area contributed by atoms with Gasteiger partial charge < -0.3 is 10.2 Å². The zero-order chi connectivity index (χ0) is 12.2. The van der Waals surface area contributed by atoms with Crippen LogP contribution in [0.2, 0.25) is 0 Å². The van der Waals surface area contributed by atoms with Crippen molar-refractivity contribution in [2.75, 3.05) is 0 Å². The third kappa shape index (κ3) is 1.48. The Labute approximate surface area is 96.9 Å². The van der Waals surface area contributed by atoms with Crippen LogP contribution in [0.25, 0.3) is 0 Å². The van der Waals surface area contributed by atoms with E-state index in [-0.39, 0.29) is 11.3 Å². The van der Waals surface area contributed by atoms with Crippen LogP contribution in [0.4, 0.5) is 0 Å². The van der Waals surface area contributed by atoms with Crippen molar-refractivity contribution in [2.24, 2.45) is 16.7 Å². The molecule has 0 aliphatic heterocycles. The van der Waals surface area contributed by atoms with Crippen LogP contribution in [0.15, 0.2) is 0 Å². The van der Waals surface area contributed by atoms with E-state index >= 15 is 0 Å². The maximum atomic E-state index is 11.4. The van der Waals surface area contributed by atoms with Crippen LogP contribution in [-0.4, -0.2) is 21.8 Å². The predicted molar refractivity (Wildman–Crippen MR) is 61.0 cm³/mol. The predicted octanol–water partition coefficient (Wildman–Crippen LogP) is 2.43. The quantitative estimate of drug-likeness (QED) is 0.760. The molecule has 0 radical (unpaired) electrons. The lowest BCUT2D eigenvalue weighted by atomic mass is 9.63. The van der Waals surface area contributed by atoms with Crippen molar-refractivity contribution in [2.45, 2.75) is 58.5 Å². The van der Waals surface area contributed by atoms with E-state index in [0.29, 0.717) is 19.3 Å². The van der Waals surface area contributed by atoms with Gasteiger partial charge in [-0.05, 0) is 37.0 Å². The van der Waals surface area contributed by atoms with Crippen molar-refractivity contribution in [1.82, 2.24) is 0 Å². The lowest BCUT2D eigenvalue weighted by Crippen LogP contribution is -2.50. The number of rotatable bonds is 2. The first-order valence-electron chi connectivity index (χ1n) is 6.19. The Balaban J connectivity index is 2.28. The second-order valence-corrected chi connectivity index (χ2v) is 6.61. The largest absolute Gasteiger partial charge is 0.481 e. The van der Waals surface area contributed by atoms with E-state index in [9.17, 15) is 15.0 Å². The van der Waals surface area contributed by atoms with Crippen LogP contribution in [0.1, 0.15) is 52.9 Å². The van der Waals surface area contributed by atoms with Gasteiger partial charge in [0, 0.05) is 0 Å². The van der Waals surface area contributed by atoms with Gasteiger partial charge in [-0.3, -0.25) is 4.79 Å². The third-order valence-corrected chi connectivity index (χ3v) is 4.74. The first-order valence-corrected chi connectivity index (χ1v) is 6.19. The van der Waals surface area contributed by atoms with Crippen molar-refractivity contribution in [3.63, 3.8) is 0 Å². The van der Waals surface area contributed by atoms with Gasteiger partial charge in [-0.15, -0.1) is 0 Å². The molecule has 2 rings (SSSR count). The van der Waals surface area contributed by atoms with E-state index in [1.807, 2.05) is 6.92 Å². The second kappa shape index (κ2) is 3.22. The van der Waals surface area contributed by atoms with Gasteiger partial charge in [0.2, 0.25) is 0 Å². The van der Waals surface area contributed by atoms with Crippen molar-refractivity contribution in [1.29, 1.82) is 0 Å². The molecule has 0 aromatic carbocycles. The maximum Gasteiger partial charge on any atom is 0.312 e. The topological polar surface area (TPSA) is 57.5 Å². The van der Waals surface area contributed by atoms with E-state index in [4.69, 9.17) is 0 Å². The van der Waals surface area contributed by atoms with Gasteiger partial charge in [-0.1, -0.05) is 27.2 Å². The number of carboxylic acid groups (broad SMARTS) is 1. The summed E-state index contributed by atoms with van der Waals surface area (Å²) in [5.74, 6) is -0.691. The molecule has 16 heavy (non-hydrogen) atoms. The zero-order valence-electron chi connectivity index (χ0n) is 10.4. The molecule has 2 aliphatic rings. The van der Waals surface area contributed by atoms with Crippen LogP contribution in [0, 0.1) is 16.7 Å². The maximum absolute atomic E-state index is 11.4. The molecular formula is C13H22O3. The molecular weight excluding hydrogens is 204 g/mol. The fourth-order valence-corrected chi connectivity index (χ4v) is 3.78. The fraction of sp³-hybridized carbons (Fsp3) is 0.923. The molecule has 3 heteroatoms. The molecule has 2 saturated carbocycles. The Morgan fingerprint density at radius 1 is 1.31 bits per heavy atom. The molecule has 3 unspecified atom stereocenters. The highest BCUT2D eigenvalue weighted by atomic mass is 16.4. The summed E-state index contributed by atoms with van der Waals surface area (Å²) in [7, 11) is 0. The molecule has 0 spiro atoms. The van der Waals surface area contributed by atoms with Gasteiger partial charge in [-0.2, -0.15) is 0 Å². The van der Waals surface area contributed by atoms with Gasteiger partial charge in [0.25, 0.3) is 0 Å². The van der Waals surface area contributed by atoms with Crippen molar-refractivity contribution in [3.8, 4) is 0 Å². The summed E-state index contributed by atoms with van der Waals surface area (Å²) in [6, 6.07) is 0. The van der Waals surface area contributed by atoms with E-state index in [1.165, 1.54) is 0 Å². The Morgan fingerprint density at radius 2 is 1.88 bits per heavy atom. The minimum atomic E-state index is -0.986. The summed E-state index contributed by atoms with van der Waals surface area (Å²) < 4.78 is 0. The van der Waals surface area contributed by atoms with Crippen LogP contribution < -0.4 is 0 Å². The number of aliphatic carboxylic acids is 1. The highest BCUT2D eigenvalue weighted by Crippen LogP contribution is 2.64. The highest BCUT2D eigenvalue weighted by Gasteiger charge is 2.70. The molecule has 2 fully saturated rings. The molecule has 0 bridgehead atoms. The Bertz CT molecular complexity index is 323. The number of carboxylic acids is 1. The summed E-state index contributed by atoms with van der Waals surface area (Å²) in [6.07, 6.45) is 3.92. The zero-order valence-corrected chi connectivity index (χ0v) is 10.4. The molecule has 0 saturated heterocycles. The lowest BCUT2D eigenvalue weighted by molar-refractivity contribution is -0.165. The molecule has 2 aliphatic carbocycles. The summed E-state index contributed by atoms with van der Waals surface area (Å²) in [5.41, 5.74) is -1.78. The Hall–Kier alpha value is -0.570. The molecule has 92 valence electrons. The average Bonchev–Trinajstić information content (AvgIpc) is 2.76. The van der Waals surface area contributed by atoms with Gasteiger partial charge in [0.05, 0.1) is 11.0 Å². The Kier molecular flexibility index (Phi) is 2.40. The normalized spacial score (nSPS) is 46.4. The van der Waals surface area contributed by atoms with Crippen LogP contribution in [0.5, 0.6) is 0 Å². The molecule has 0 aromatic heterocycles. The third-order valence-electron chi connectivity index (χ3n) is 4.74. The molecule has 0 heterocycles. The van der Waals surface area contributed by atoms with Crippen LogP contribution in [-0.2, 0) is 4.79 Å².